The SMILES string of the molecule is Cc1cc2sc(CCC(=O)O)c(C)c2cc1C. The second kappa shape index (κ2) is 4.49. The fourth-order valence-corrected chi connectivity index (χ4v) is 3.28. The van der Waals surface area contributed by atoms with Crippen molar-refractivity contribution in [1.29, 1.82) is 0 Å². The number of hydrogen-bond donors (Lipinski definition) is 1. The van der Waals surface area contributed by atoms with E-state index in [1.165, 1.54) is 31.7 Å². The summed E-state index contributed by atoms with van der Waals surface area (Å²) in [5.41, 5.74) is 3.83. The molecule has 1 aromatic heterocycles. The van der Waals surface area contributed by atoms with E-state index < -0.39 is 5.97 Å². The lowest BCUT2D eigenvalue weighted by atomic mass is 10.0. The average molecular weight is 248 g/mol. The Kier molecular flexibility index (Phi) is 3.20. The third-order valence-corrected chi connectivity index (χ3v) is 4.53. The van der Waals surface area contributed by atoms with E-state index in [1.807, 2.05) is 0 Å². The Hall–Kier alpha value is -1.35. The van der Waals surface area contributed by atoms with Gasteiger partial charge in [0.2, 0.25) is 0 Å². The van der Waals surface area contributed by atoms with Gasteiger partial charge in [0.05, 0.1) is 6.42 Å². The summed E-state index contributed by atoms with van der Waals surface area (Å²) in [5.74, 6) is -0.728. The van der Waals surface area contributed by atoms with Crippen LogP contribution in [-0.4, -0.2) is 11.1 Å². The van der Waals surface area contributed by atoms with E-state index in [9.17, 15) is 4.79 Å². The molecule has 2 nitrogen and oxygen atoms in total. The van der Waals surface area contributed by atoms with Gasteiger partial charge in [-0.15, -0.1) is 11.3 Å². The number of carbonyl (C=O) groups is 1. The second-order valence-corrected chi connectivity index (χ2v) is 5.61. The van der Waals surface area contributed by atoms with Crippen molar-refractivity contribution < 1.29 is 9.90 Å². The van der Waals surface area contributed by atoms with E-state index in [1.54, 1.807) is 11.3 Å². The molecule has 0 aliphatic carbocycles. The van der Waals surface area contributed by atoms with Crippen molar-refractivity contribution >= 4 is 27.4 Å². The normalized spacial score (nSPS) is 11.0. The maximum Gasteiger partial charge on any atom is 0.303 e. The summed E-state index contributed by atoms with van der Waals surface area (Å²) in [6.45, 7) is 6.31. The highest BCUT2D eigenvalue weighted by Gasteiger charge is 2.10. The molecule has 0 saturated carbocycles. The molecule has 0 atom stereocenters. The van der Waals surface area contributed by atoms with Gasteiger partial charge < -0.3 is 5.11 Å². The van der Waals surface area contributed by atoms with Gasteiger partial charge in [-0.2, -0.15) is 0 Å². The van der Waals surface area contributed by atoms with Crippen LogP contribution in [0.25, 0.3) is 10.1 Å². The molecule has 0 fully saturated rings. The molecule has 2 rings (SSSR count). The summed E-state index contributed by atoms with van der Waals surface area (Å²) in [6.07, 6.45) is 0.851. The number of aryl methyl sites for hydroxylation is 4. The van der Waals surface area contributed by atoms with Crippen LogP contribution >= 0.6 is 11.3 Å². The van der Waals surface area contributed by atoms with Crippen LogP contribution < -0.4 is 0 Å². The third kappa shape index (κ3) is 2.34. The van der Waals surface area contributed by atoms with E-state index in [0.29, 0.717) is 6.42 Å². The molecule has 0 bridgehead atoms. The quantitative estimate of drug-likeness (QED) is 0.896. The smallest absolute Gasteiger partial charge is 0.303 e. The molecule has 3 heteroatoms. The third-order valence-electron chi connectivity index (χ3n) is 3.22. The van der Waals surface area contributed by atoms with Crippen molar-refractivity contribution in [3.63, 3.8) is 0 Å². The molecular formula is C14H16O2S. The van der Waals surface area contributed by atoms with Crippen LogP contribution in [0.1, 0.15) is 28.0 Å². The molecule has 0 unspecified atom stereocenters. The Morgan fingerprint density at radius 3 is 2.53 bits per heavy atom. The van der Waals surface area contributed by atoms with E-state index in [0.717, 1.165) is 0 Å². The molecule has 2 aromatic rings. The van der Waals surface area contributed by atoms with Gasteiger partial charge in [0, 0.05) is 9.58 Å². The largest absolute Gasteiger partial charge is 0.481 e. The zero-order valence-corrected chi connectivity index (χ0v) is 11.1. The first-order valence-corrected chi connectivity index (χ1v) is 6.51. The Morgan fingerprint density at radius 1 is 1.24 bits per heavy atom. The predicted octanol–water partition coefficient (Wildman–Crippen LogP) is 3.84. The second-order valence-electron chi connectivity index (χ2n) is 4.48. The van der Waals surface area contributed by atoms with Gasteiger partial charge in [0.15, 0.2) is 0 Å². The highest BCUT2D eigenvalue weighted by atomic mass is 32.1. The monoisotopic (exact) mass is 248 g/mol. The molecular weight excluding hydrogens is 232 g/mol. The Labute approximate surface area is 105 Å². The Bertz CT molecular complexity index is 581. The number of fused-ring (bicyclic) bond motifs is 1. The maximum atomic E-state index is 10.6. The molecule has 1 N–H and O–H groups in total. The van der Waals surface area contributed by atoms with Crippen molar-refractivity contribution in [1.82, 2.24) is 0 Å². The summed E-state index contributed by atoms with van der Waals surface area (Å²) in [6, 6.07) is 4.41. The van der Waals surface area contributed by atoms with Gasteiger partial charge in [0.1, 0.15) is 0 Å². The van der Waals surface area contributed by atoms with Gasteiger partial charge in [0.25, 0.3) is 0 Å². The Morgan fingerprint density at radius 2 is 1.88 bits per heavy atom. The van der Waals surface area contributed by atoms with Gasteiger partial charge in [-0.25, -0.2) is 0 Å². The highest BCUT2D eigenvalue weighted by molar-refractivity contribution is 7.19. The molecule has 0 aliphatic heterocycles. The van der Waals surface area contributed by atoms with Crippen molar-refractivity contribution in [2.45, 2.75) is 33.6 Å². The fourth-order valence-electron chi connectivity index (χ4n) is 1.99. The topological polar surface area (TPSA) is 37.3 Å². The van der Waals surface area contributed by atoms with Crippen LogP contribution in [0, 0.1) is 20.8 Å². The van der Waals surface area contributed by atoms with E-state index >= 15 is 0 Å². The van der Waals surface area contributed by atoms with E-state index in [2.05, 4.69) is 32.9 Å². The molecule has 1 aromatic carbocycles. The standard InChI is InChI=1S/C14H16O2S/c1-8-6-11-10(3)12(4-5-14(15)16)17-13(11)7-9(8)2/h6-7H,4-5H2,1-3H3,(H,15,16). The van der Waals surface area contributed by atoms with Crippen molar-refractivity contribution in [3.05, 3.63) is 33.7 Å². The maximum absolute atomic E-state index is 10.6. The molecule has 0 radical (unpaired) electrons. The summed E-state index contributed by atoms with van der Waals surface area (Å²) in [5, 5.41) is 10.0. The van der Waals surface area contributed by atoms with Gasteiger partial charge >= 0.3 is 5.97 Å². The van der Waals surface area contributed by atoms with Gasteiger partial charge in [-0.3, -0.25) is 4.79 Å². The highest BCUT2D eigenvalue weighted by Crippen LogP contribution is 2.33. The van der Waals surface area contributed by atoms with Crippen LogP contribution in [0.15, 0.2) is 12.1 Å². The predicted molar refractivity (Wildman–Crippen MR) is 72.0 cm³/mol. The fraction of sp³-hybridized carbons (Fsp3) is 0.357. The molecule has 1 heterocycles. The summed E-state index contributed by atoms with van der Waals surface area (Å²) in [7, 11) is 0. The first kappa shape index (κ1) is 12.1. The number of thiophene rings is 1. The molecule has 0 saturated heterocycles. The number of carboxylic acid groups (broad SMARTS) is 1. The summed E-state index contributed by atoms with van der Waals surface area (Å²) < 4.78 is 1.27. The lowest BCUT2D eigenvalue weighted by molar-refractivity contribution is -0.136. The first-order chi connectivity index (χ1) is 7.99. The minimum Gasteiger partial charge on any atom is -0.481 e. The van der Waals surface area contributed by atoms with Crippen LogP contribution in [0.4, 0.5) is 0 Å². The zero-order valence-electron chi connectivity index (χ0n) is 10.3. The average Bonchev–Trinajstić information content (AvgIpc) is 2.54. The van der Waals surface area contributed by atoms with Gasteiger partial charge in [-0.05, 0) is 55.3 Å². The van der Waals surface area contributed by atoms with Crippen molar-refractivity contribution in [2.75, 3.05) is 0 Å². The summed E-state index contributed by atoms with van der Waals surface area (Å²) >= 11 is 1.73. The number of carboxylic acids is 1. The van der Waals surface area contributed by atoms with Crippen molar-refractivity contribution in [2.24, 2.45) is 0 Å². The van der Waals surface area contributed by atoms with Crippen LogP contribution in [-0.2, 0) is 11.2 Å². The zero-order chi connectivity index (χ0) is 12.6. The lowest BCUT2D eigenvalue weighted by Gasteiger charge is -2.00. The first-order valence-electron chi connectivity index (χ1n) is 5.70. The lowest BCUT2D eigenvalue weighted by Crippen LogP contribution is -1.96. The van der Waals surface area contributed by atoms with E-state index in [-0.39, 0.29) is 6.42 Å². The number of benzene rings is 1. The van der Waals surface area contributed by atoms with Crippen LogP contribution in [0.2, 0.25) is 0 Å². The number of rotatable bonds is 3. The minimum absolute atomic E-state index is 0.214. The van der Waals surface area contributed by atoms with Crippen LogP contribution in [0.5, 0.6) is 0 Å². The molecule has 17 heavy (non-hydrogen) atoms. The molecule has 0 amide bonds. The van der Waals surface area contributed by atoms with Crippen LogP contribution in [0.3, 0.4) is 0 Å². The van der Waals surface area contributed by atoms with Crippen molar-refractivity contribution in [3.8, 4) is 0 Å². The molecule has 90 valence electrons. The number of hydrogen-bond acceptors (Lipinski definition) is 2. The minimum atomic E-state index is -0.728. The molecule has 0 aliphatic rings. The van der Waals surface area contributed by atoms with Gasteiger partial charge in [-0.1, -0.05) is 6.07 Å². The Balaban J connectivity index is 2.45. The number of aliphatic carboxylic acids is 1. The van der Waals surface area contributed by atoms with E-state index in [4.69, 9.17) is 5.11 Å². The summed E-state index contributed by atoms with van der Waals surface area (Å²) in [4.78, 5) is 11.8. The molecule has 0 spiro atoms.